The largest absolute Gasteiger partial charge is 0.507 e. The number of phenols is 1. The minimum absolute atomic E-state index is 0.0683. The second-order valence-electron chi connectivity index (χ2n) is 6.18. The Hall–Kier alpha value is -1.55. The average Bonchev–Trinajstić information content (AvgIpc) is 2.85. The van der Waals surface area contributed by atoms with Crippen LogP contribution in [-0.2, 0) is 0 Å². The lowest BCUT2D eigenvalue weighted by Crippen LogP contribution is -2.40. The summed E-state index contributed by atoms with van der Waals surface area (Å²) in [5, 5.41) is 16.4. The highest BCUT2D eigenvalue weighted by molar-refractivity contribution is 5.97. The third-order valence-electron chi connectivity index (χ3n) is 4.69. The van der Waals surface area contributed by atoms with Crippen LogP contribution in [0.25, 0.3) is 0 Å². The smallest absolute Gasteiger partial charge is 0.255 e. The van der Waals surface area contributed by atoms with Gasteiger partial charge in [-0.1, -0.05) is 6.07 Å². The summed E-state index contributed by atoms with van der Waals surface area (Å²) in [6, 6.07) is 5.42. The topological polar surface area (TPSA) is 61.4 Å². The molecule has 1 heterocycles. The molecule has 20 heavy (non-hydrogen) atoms. The van der Waals surface area contributed by atoms with Crippen molar-refractivity contribution in [2.75, 3.05) is 13.1 Å². The molecule has 1 unspecified atom stereocenters. The third-order valence-corrected chi connectivity index (χ3v) is 4.69. The van der Waals surface area contributed by atoms with Crippen LogP contribution in [0.2, 0.25) is 0 Å². The highest BCUT2D eigenvalue weighted by Gasteiger charge is 2.34. The Morgan fingerprint density at radius 3 is 2.90 bits per heavy atom. The molecule has 0 bridgehead atoms. The Balaban J connectivity index is 1.64. The Labute approximate surface area is 119 Å². The Kier molecular flexibility index (Phi) is 3.66. The molecule has 1 aliphatic carbocycles. The van der Waals surface area contributed by atoms with Crippen LogP contribution in [-0.4, -0.2) is 30.1 Å². The summed E-state index contributed by atoms with van der Waals surface area (Å²) in [7, 11) is 0. The summed E-state index contributed by atoms with van der Waals surface area (Å²) in [5.74, 6) is 1.40. The molecule has 0 aromatic heterocycles. The number of aryl methyl sites for hydroxylation is 1. The van der Waals surface area contributed by atoms with Crippen molar-refractivity contribution in [2.24, 2.45) is 11.8 Å². The van der Waals surface area contributed by atoms with Crippen LogP contribution in [0.15, 0.2) is 18.2 Å². The van der Waals surface area contributed by atoms with Crippen LogP contribution in [0.4, 0.5) is 0 Å². The molecule has 1 saturated carbocycles. The number of hydrogen-bond donors (Lipinski definition) is 3. The number of carbonyl (C=O) groups is 1. The van der Waals surface area contributed by atoms with Crippen LogP contribution >= 0.6 is 0 Å². The number of phenolic OH excluding ortho intramolecular Hbond substituents is 1. The van der Waals surface area contributed by atoms with Gasteiger partial charge in [0.25, 0.3) is 5.91 Å². The summed E-state index contributed by atoms with van der Waals surface area (Å²) in [5.41, 5.74) is 1.33. The first-order valence-corrected chi connectivity index (χ1v) is 7.44. The second kappa shape index (κ2) is 5.44. The van der Waals surface area contributed by atoms with Gasteiger partial charge in [-0.3, -0.25) is 4.79 Å². The summed E-state index contributed by atoms with van der Waals surface area (Å²) in [4.78, 5) is 12.3. The number of carbonyl (C=O) groups excluding carboxylic acids is 1. The van der Waals surface area contributed by atoms with E-state index < -0.39 is 0 Å². The normalized spacial score (nSPS) is 28.9. The van der Waals surface area contributed by atoms with Gasteiger partial charge in [-0.05, 0) is 68.8 Å². The van der Waals surface area contributed by atoms with Crippen molar-refractivity contribution in [3.8, 4) is 5.75 Å². The zero-order chi connectivity index (χ0) is 14.1. The maximum Gasteiger partial charge on any atom is 0.255 e. The summed E-state index contributed by atoms with van der Waals surface area (Å²) >= 11 is 0. The van der Waals surface area contributed by atoms with Gasteiger partial charge in [0.05, 0.1) is 5.56 Å². The van der Waals surface area contributed by atoms with Crippen molar-refractivity contribution in [1.82, 2.24) is 10.6 Å². The molecule has 2 fully saturated rings. The van der Waals surface area contributed by atoms with E-state index in [1.54, 1.807) is 12.1 Å². The molecule has 1 aliphatic heterocycles. The molecule has 3 rings (SSSR count). The van der Waals surface area contributed by atoms with E-state index in [2.05, 4.69) is 10.6 Å². The fraction of sp³-hybridized carbons (Fsp3) is 0.562. The van der Waals surface area contributed by atoms with E-state index in [-0.39, 0.29) is 17.7 Å². The van der Waals surface area contributed by atoms with Gasteiger partial charge in [0, 0.05) is 6.04 Å². The monoisotopic (exact) mass is 274 g/mol. The summed E-state index contributed by atoms with van der Waals surface area (Å²) < 4.78 is 0. The molecular formula is C16H22N2O2. The van der Waals surface area contributed by atoms with Crippen molar-refractivity contribution in [3.05, 3.63) is 29.3 Å². The molecule has 4 heteroatoms. The van der Waals surface area contributed by atoms with E-state index >= 15 is 0 Å². The molecule has 108 valence electrons. The predicted molar refractivity (Wildman–Crippen MR) is 77.8 cm³/mol. The number of amides is 1. The fourth-order valence-electron chi connectivity index (χ4n) is 3.53. The van der Waals surface area contributed by atoms with Gasteiger partial charge in [0.2, 0.25) is 0 Å². The molecule has 3 N–H and O–H groups in total. The predicted octanol–water partition coefficient (Wildman–Crippen LogP) is 1.82. The van der Waals surface area contributed by atoms with E-state index in [0.717, 1.165) is 37.4 Å². The van der Waals surface area contributed by atoms with E-state index in [9.17, 15) is 9.90 Å². The van der Waals surface area contributed by atoms with Crippen molar-refractivity contribution < 1.29 is 9.90 Å². The van der Waals surface area contributed by atoms with Gasteiger partial charge in [-0.2, -0.15) is 0 Å². The highest BCUT2D eigenvalue weighted by Crippen LogP contribution is 2.32. The zero-order valence-electron chi connectivity index (χ0n) is 11.9. The van der Waals surface area contributed by atoms with Gasteiger partial charge in [-0.15, -0.1) is 0 Å². The molecule has 1 saturated heterocycles. The molecule has 0 radical (unpaired) electrons. The molecule has 2 aliphatic rings. The van der Waals surface area contributed by atoms with Gasteiger partial charge < -0.3 is 15.7 Å². The number of fused-ring (bicyclic) bond motifs is 1. The van der Waals surface area contributed by atoms with Crippen molar-refractivity contribution >= 4 is 5.91 Å². The molecule has 1 aromatic carbocycles. The number of nitrogens with one attached hydrogen (secondary N) is 2. The first-order valence-electron chi connectivity index (χ1n) is 7.44. The Morgan fingerprint density at radius 2 is 2.10 bits per heavy atom. The van der Waals surface area contributed by atoms with Crippen molar-refractivity contribution in [3.63, 3.8) is 0 Å². The van der Waals surface area contributed by atoms with E-state index in [0.29, 0.717) is 11.5 Å². The fourth-order valence-corrected chi connectivity index (χ4v) is 3.53. The van der Waals surface area contributed by atoms with Gasteiger partial charge in [0.1, 0.15) is 5.75 Å². The first kappa shape index (κ1) is 13.4. The second-order valence-corrected chi connectivity index (χ2v) is 6.18. The van der Waals surface area contributed by atoms with Crippen LogP contribution in [0.1, 0.15) is 35.2 Å². The standard InChI is InChI=1S/C16H22N2O2/c1-10-2-5-14(15(19)6-10)16(20)18-13-4-3-11-8-17-9-12(11)7-13/h2,5-6,11-13,17,19H,3-4,7-9H2,1H3,(H,18,20)/t11-,12+,13?/m0/s1. The lowest BCUT2D eigenvalue weighted by Gasteiger charge is -2.31. The molecule has 3 atom stereocenters. The highest BCUT2D eigenvalue weighted by atomic mass is 16.3. The molecule has 1 amide bonds. The van der Waals surface area contributed by atoms with Crippen molar-refractivity contribution in [2.45, 2.75) is 32.2 Å². The minimum atomic E-state index is -0.156. The number of hydrogen-bond acceptors (Lipinski definition) is 3. The quantitative estimate of drug-likeness (QED) is 0.771. The minimum Gasteiger partial charge on any atom is -0.507 e. The van der Waals surface area contributed by atoms with E-state index in [1.807, 2.05) is 13.0 Å². The van der Waals surface area contributed by atoms with Gasteiger partial charge >= 0.3 is 0 Å². The summed E-state index contributed by atoms with van der Waals surface area (Å²) in [6.07, 6.45) is 3.28. The maximum atomic E-state index is 12.3. The van der Waals surface area contributed by atoms with Crippen LogP contribution in [0.5, 0.6) is 5.75 Å². The first-order chi connectivity index (χ1) is 9.63. The number of aromatic hydroxyl groups is 1. The zero-order valence-corrected chi connectivity index (χ0v) is 11.9. The molecule has 1 aromatic rings. The lowest BCUT2D eigenvalue weighted by molar-refractivity contribution is 0.0911. The molecule has 4 nitrogen and oxygen atoms in total. The van der Waals surface area contributed by atoms with Crippen LogP contribution in [0.3, 0.4) is 0 Å². The average molecular weight is 274 g/mol. The SMILES string of the molecule is Cc1ccc(C(=O)NC2CC[C@H]3CNC[C@H]3C2)c(O)c1. The van der Waals surface area contributed by atoms with E-state index in [4.69, 9.17) is 0 Å². The van der Waals surface area contributed by atoms with Gasteiger partial charge in [-0.25, -0.2) is 0 Å². The van der Waals surface area contributed by atoms with Crippen LogP contribution in [0, 0.1) is 18.8 Å². The summed E-state index contributed by atoms with van der Waals surface area (Å²) in [6.45, 7) is 4.10. The molecule has 0 spiro atoms. The van der Waals surface area contributed by atoms with Gasteiger partial charge in [0.15, 0.2) is 0 Å². The lowest BCUT2D eigenvalue weighted by atomic mass is 9.79. The van der Waals surface area contributed by atoms with Crippen LogP contribution < -0.4 is 10.6 Å². The molecular weight excluding hydrogens is 252 g/mol. The number of benzene rings is 1. The third kappa shape index (κ3) is 2.66. The Bertz CT molecular complexity index is 515. The number of rotatable bonds is 2. The van der Waals surface area contributed by atoms with Crippen molar-refractivity contribution in [1.29, 1.82) is 0 Å². The van der Waals surface area contributed by atoms with E-state index in [1.165, 1.54) is 6.42 Å². The maximum absolute atomic E-state index is 12.3. The Morgan fingerprint density at radius 1 is 1.30 bits per heavy atom.